The highest BCUT2D eigenvalue weighted by Crippen LogP contribution is 2.06. The van der Waals surface area contributed by atoms with Crippen molar-refractivity contribution in [2.24, 2.45) is 0 Å². The number of nitrogens with one attached hydrogen (secondary N) is 2. The lowest BCUT2D eigenvalue weighted by Crippen LogP contribution is -2.54. The zero-order chi connectivity index (χ0) is 24.9. The fraction of sp³-hybridized carbons (Fsp3) is 0.222. The number of aliphatic carboxylic acids is 1. The number of carbonyl (C=O) groups is 3. The van der Waals surface area contributed by atoms with Crippen LogP contribution in [0.1, 0.15) is 16.7 Å². The zero-order valence-electron chi connectivity index (χ0n) is 19.1. The second-order valence-corrected chi connectivity index (χ2v) is 7.85. The van der Waals surface area contributed by atoms with Crippen molar-refractivity contribution in [3.63, 3.8) is 0 Å². The van der Waals surface area contributed by atoms with Gasteiger partial charge in [-0.3, -0.25) is 4.79 Å². The van der Waals surface area contributed by atoms with Crippen LogP contribution in [0.2, 0.25) is 0 Å². The molecule has 0 saturated carbocycles. The van der Waals surface area contributed by atoms with E-state index in [9.17, 15) is 19.5 Å². The van der Waals surface area contributed by atoms with Gasteiger partial charge in [0.05, 0.1) is 13.2 Å². The van der Waals surface area contributed by atoms with Gasteiger partial charge in [0, 0.05) is 6.42 Å². The Kier molecular flexibility index (Phi) is 9.83. The van der Waals surface area contributed by atoms with E-state index in [-0.39, 0.29) is 26.2 Å². The number of alkyl carbamates (subject to hydrolysis) is 1. The summed E-state index contributed by atoms with van der Waals surface area (Å²) in [5.74, 6) is -1.86. The number of hydrogen-bond donors (Lipinski definition) is 3. The Labute approximate surface area is 203 Å². The number of rotatable bonds is 12. The number of carbonyl (C=O) groups excluding carboxylic acids is 2. The number of ether oxygens (including phenoxy) is 2. The van der Waals surface area contributed by atoms with E-state index < -0.39 is 30.1 Å². The van der Waals surface area contributed by atoms with Crippen LogP contribution in [-0.2, 0) is 38.7 Å². The Morgan fingerprint density at radius 2 is 1.20 bits per heavy atom. The van der Waals surface area contributed by atoms with Crippen LogP contribution in [0.15, 0.2) is 91.0 Å². The van der Waals surface area contributed by atoms with Gasteiger partial charge in [0.1, 0.15) is 18.7 Å². The molecule has 3 aromatic rings. The molecule has 3 aromatic carbocycles. The van der Waals surface area contributed by atoms with Crippen molar-refractivity contribution in [1.29, 1.82) is 0 Å². The summed E-state index contributed by atoms with van der Waals surface area (Å²) in [5.41, 5.74) is 2.44. The normalized spacial score (nSPS) is 12.2. The van der Waals surface area contributed by atoms with Gasteiger partial charge in [-0.15, -0.1) is 0 Å². The van der Waals surface area contributed by atoms with Crippen LogP contribution in [-0.4, -0.2) is 41.8 Å². The third-order valence-electron chi connectivity index (χ3n) is 5.11. The van der Waals surface area contributed by atoms with E-state index in [1.54, 1.807) is 24.3 Å². The van der Waals surface area contributed by atoms with Crippen LogP contribution in [0.5, 0.6) is 0 Å². The molecule has 0 saturated heterocycles. The zero-order valence-corrected chi connectivity index (χ0v) is 19.1. The number of carboxylic acids is 1. The van der Waals surface area contributed by atoms with Crippen LogP contribution in [0.25, 0.3) is 0 Å². The predicted molar refractivity (Wildman–Crippen MR) is 129 cm³/mol. The van der Waals surface area contributed by atoms with E-state index in [0.29, 0.717) is 0 Å². The van der Waals surface area contributed by atoms with Gasteiger partial charge >= 0.3 is 12.1 Å². The Hall–Kier alpha value is -4.17. The molecule has 182 valence electrons. The first-order chi connectivity index (χ1) is 17.0. The highest BCUT2D eigenvalue weighted by molar-refractivity contribution is 5.89. The maximum atomic E-state index is 13.0. The molecule has 0 aliphatic rings. The minimum Gasteiger partial charge on any atom is -0.480 e. The minimum absolute atomic E-state index is 0.0254. The molecule has 0 aromatic heterocycles. The van der Waals surface area contributed by atoms with Crippen molar-refractivity contribution >= 4 is 18.0 Å². The highest BCUT2D eigenvalue weighted by Gasteiger charge is 2.27. The molecule has 0 spiro atoms. The largest absolute Gasteiger partial charge is 0.480 e. The van der Waals surface area contributed by atoms with E-state index >= 15 is 0 Å². The summed E-state index contributed by atoms with van der Waals surface area (Å²) < 4.78 is 10.9. The lowest BCUT2D eigenvalue weighted by molar-refractivity contribution is -0.142. The van der Waals surface area contributed by atoms with E-state index in [1.165, 1.54) is 0 Å². The molecule has 3 rings (SSSR count). The van der Waals surface area contributed by atoms with Crippen LogP contribution < -0.4 is 10.6 Å². The van der Waals surface area contributed by atoms with Crippen LogP contribution >= 0.6 is 0 Å². The van der Waals surface area contributed by atoms with Crippen molar-refractivity contribution in [1.82, 2.24) is 10.6 Å². The molecule has 2 atom stereocenters. The number of amides is 2. The summed E-state index contributed by atoms with van der Waals surface area (Å²) in [4.78, 5) is 37.2. The van der Waals surface area contributed by atoms with Crippen molar-refractivity contribution in [3.05, 3.63) is 108 Å². The van der Waals surface area contributed by atoms with Crippen molar-refractivity contribution in [3.8, 4) is 0 Å². The Balaban J connectivity index is 1.62. The van der Waals surface area contributed by atoms with Crippen LogP contribution in [0.3, 0.4) is 0 Å². The molecular formula is C27H28N2O6. The average Bonchev–Trinajstić information content (AvgIpc) is 2.88. The molecule has 0 unspecified atom stereocenters. The lowest BCUT2D eigenvalue weighted by Gasteiger charge is -2.21. The lowest BCUT2D eigenvalue weighted by atomic mass is 10.1. The van der Waals surface area contributed by atoms with Crippen molar-refractivity contribution < 1.29 is 29.0 Å². The molecule has 2 amide bonds. The monoisotopic (exact) mass is 476 g/mol. The van der Waals surface area contributed by atoms with Gasteiger partial charge in [0.2, 0.25) is 5.91 Å². The quantitative estimate of drug-likeness (QED) is 0.370. The van der Waals surface area contributed by atoms with E-state index in [0.717, 1.165) is 16.7 Å². The van der Waals surface area contributed by atoms with Gasteiger partial charge in [-0.2, -0.15) is 0 Å². The fourth-order valence-corrected chi connectivity index (χ4v) is 3.28. The van der Waals surface area contributed by atoms with E-state index in [2.05, 4.69) is 10.6 Å². The highest BCUT2D eigenvalue weighted by atomic mass is 16.5. The Bertz CT molecular complexity index is 1080. The molecule has 3 N–H and O–H groups in total. The second kappa shape index (κ2) is 13.5. The van der Waals surface area contributed by atoms with Gasteiger partial charge in [-0.1, -0.05) is 91.0 Å². The molecule has 0 bridgehead atoms. The summed E-state index contributed by atoms with van der Waals surface area (Å²) in [6, 6.07) is 25.1. The summed E-state index contributed by atoms with van der Waals surface area (Å²) in [7, 11) is 0. The van der Waals surface area contributed by atoms with E-state index in [4.69, 9.17) is 9.47 Å². The third kappa shape index (κ3) is 8.94. The minimum atomic E-state index is -1.18. The summed E-state index contributed by atoms with van der Waals surface area (Å²) >= 11 is 0. The smallest absolute Gasteiger partial charge is 0.408 e. The maximum absolute atomic E-state index is 13.0. The molecule has 0 fully saturated rings. The first-order valence-electron chi connectivity index (χ1n) is 11.2. The van der Waals surface area contributed by atoms with Gasteiger partial charge in [-0.05, 0) is 16.7 Å². The second-order valence-electron chi connectivity index (χ2n) is 7.85. The van der Waals surface area contributed by atoms with Gasteiger partial charge < -0.3 is 25.2 Å². The SMILES string of the molecule is O=C(N[C@@H](COCc1ccccc1)C(=O)N[C@@H](Cc1ccccc1)C(=O)O)OCc1ccccc1. The average molecular weight is 477 g/mol. The molecule has 0 heterocycles. The third-order valence-corrected chi connectivity index (χ3v) is 5.11. The van der Waals surface area contributed by atoms with Crippen LogP contribution in [0, 0.1) is 0 Å². The number of benzene rings is 3. The fourth-order valence-electron chi connectivity index (χ4n) is 3.28. The molecule has 0 aliphatic heterocycles. The number of hydrogen-bond acceptors (Lipinski definition) is 5. The number of carboxylic acid groups (broad SMARTS) is 1. The molecule has 0 radical (unpaired) electrons. The summed E-state index contributed by atoms with van der Waals surface area (Å²) in [6.45, 7) is 0.0776. The van der Waals surface area contributed by atoms with Crippen molar-refractivity contribution in [2.45, 2.75) is 31.7 Å². The Morgan fingerprint density at radius 1 is 0.686 bits per heavy atom. The molecule has 0 aliphatic carbocycles. The topological polar surface area (TPSA) is 114 Å². The summed E-state index contributed by atoms with van der Waals surface area (Å²) in [6.07, 6.45) is -0.718. The van der Waals surface area contributed by atoms with Gasteiger partial charge in [-0.25, -0.2) is 9.59 Å². The molecule has 8 heteroatoms. The molecule has 35 heavy (non-hydrogen) atoms. The molecular weight excluding hydrogens is 448 g/mol. The summed E-state index contributed by atoms with van der Waals surface area (Å²) in [5, 5.41) is 14.6. The van der Waals surface area contributed by atoms with Gasteiger partial charge in [0.25, 0.3) is 0 Å². The van der Waals surface area contributed by atoms with E-state index in [1.807, 2.05) is 66.7 Å². The molecule has 8 nitrogen and oxygen atoms in total. The Morgan fingerprint density at radius 3 is 1.74 bits per heavy atom. The predicted octanol–water partition coefficient (Wildman–Crippen LogP) is 3.31. The standard InChI is InChI=1S/C27H28N2O6/c30-25(28-23(26(31)32)16-20-10-4-1-5-11-20)24(19-34-17-21-12-6-2-7-13-21)29-27(33)35-18-22-14-8-3-9-15-22/h1-15,23-24H,16-19H2,(H,28,30)(H,29,33)(H,31,32)/t23-,24-/m0/s1. The first kappa shape index (κ1) is 25.5. The van der Waals surface area contributed by atoms with Crippen molar-refractivity contribution in [2.75, 3.05) is 6.61 Å². The van der Waals surface area contributed by atoms with Gasteiger partial charge in [0.15, 0.2) is 0 Å². The maximum Gasteiger partial charge on any atom is 0.408 e. The van der Waals surface area contributed by atoms with Crippen LogP contribution in [0.4, 0.5) is 4.79 Å². The first-order valence-corrected chi connectivity index (χ1v) is 11.2.